The van der Waals surface area contributed by atoms with Gasteiger partial charge in [0.25, 0.3) is 5.91 Å². The summed E-state index contributed by atoms with van der Waals surface area (Å²) in [4.78, 5) is 11.0. The summed E-state index contributed by atoms with van der Waals surface area (Å²) < 4.78 is 25.5. The van der Waals surface area contributed by atoms with E-state index in [0.29, 0.717) is 11.1 Å². The highest BCUT2D eigenvalue weighted by molar-refractivity contribution is 5.93. The van der Waals surface area contributed by atoms with Crippen molar-refractivity contribution in [3.05, 3.63) is 29.8 Å². The molecule has 0 fully saturated rings. The Labute approximate surface area is 79.1 Å². The van der Waals surface area contributed by atoms with Crippen LogP contribution in [-0.2, 0) is 4.79 Å². The van der Waals surface area contributed by atoms with E-state index >= 15 is 0 Å². The zero-order valence-corrected chi connectivity index (χ0v) is 7.21. The smallest absolute Gasteiger partial charge is 0.254 e. The standard InChI is InChI=1S/C8H9F2N3O/c9-5-1-2-7(6(10)3-5)13(12)8(14)4-11/h1-3H,4,11-12H2. The molecule has 0 atom stereocenters. The summed E-state index contributed by atoms with van der Waals surface area (Å²) >= 11 is 0. The normalized spacial score (nSPS) is 10.0. The van der Waals surface area contributed by atoms with Crippen molar-refractivity contribution in [1.82, 2.24) is 0 Å². The van der Waals surface area contributed by atoms with Crippen LogP contribution < -0.4 is 16.6 Å². The Kier molecular flexibility index (Phi) is 3.10. The first-order valence-electron chi connectivity index (χ1n) is 3.79. The maximum atomic E-state index is 13.0. The molecule has 1 aromatic rings. The number of nitrogens with two attached hydrogens (primary N) is 2. The summed E-state index contributed by atoms with van der Waals surface area (Å²) in [6.07, 6.45) is 0. The molecule has 6 heteroatoms. The first-order valence-corrected chi connectivity index (χ1v) is 3.79. The van der Waals surface area contributed by atoms with Crippen LogP contribution in [0.25, 0.3) is 0 Å². The second-order valence-electron chi connectivity index (χ2n) is 2.56. The van der Waals surface area contributed by atoms with Crippen LogP contribution in [-0.4, -0.2) is 12.5 Å². The molecule has 0 heterocycles. The summed E-state index contributed by atoms with van der Waals surface area (Å²) in [7, 11) is 0. The van der Waals surface area contributed by atoms with E-state index in [-0.39, 0.29) is 12.2 Å². The topological polar surface area (TPSA) is 72.4 Å². The van der Waals surface area contributed by atoms with Crippen LogP contribution in [0.2, 0.25) is 0 Å². The molecule has 0 spiro atoms. The van der Waals surface area contributed by atoms with E-state index in [1.54, 1.807) is 0 Å². The largest absolute Gasteiger partial charge is 0.322 e. The predicted molar refractivity (Wildman–Crippen MR) is 47.1 cm³/mol. The zero-order chi connectivity index (χ0) is 10.7. The highest BCUT2D eigenvalue weighted by Gasteiger charge is 2.14. The highest BCUT2D eigenvalue weighted by Crippen LogP contribution is 2.17. The van der Waals surface area contributed by atoms with Crippen molar-refractivity contribution in [3.63, 3.8) is 0 Å². The Morgan fingerprint density at radius 3 is 2.57 bits per heavy atom. The van der Waals surface area contributed by atoms with E-state index < -0.39 is 17.5 Å². The fourth-order valence-electron chi connectivity index (χ4n) is 0.909. The van der Waals surface area contributed by atoms with Gasteiger partial charge in [0.1, 0.15) is 5.82 Å². The minimum Gasteiger partial charge on any atom is -0.322 e. The Morgan fingerprint density at radius 1 is 1.43 bits per heavy atom. The van der Waals surface area contributed by atoms with Gasteiger partial charge in [0.05, 0.1) is 12.2 Å². The molecule has 14 heavy (non-hydrogen) atoms. The van der Waals surface area contributed by atoms with Gasteiger partial charge < -0.3 is 5.73 Å². The molecule has 1 aromatic carbocycles. The first-order chi connectivity index (χ1) is 6.56. The lowest BCUT2D eigenvalue weighted by atomic mass is 10.3. The Morgan fingerprint density at radius 2 is 2.07 bits per heavy atom. The van der Waals surface area contributed by atoms with Gasteiger partial charge in [-0.2, -0.15) is 0 Å². The lowest BCUT2D eigenvalue weighted by Crippen LogP contribution is -2.42. The summed E-state index contributed by atoms with van der Waals surface area (Å²) in [5.41, 5.74) is 4.82. The molecule has 0 aliphatic carbocycles. The maximum absolute atomic E-state index is 13.0. The van der Waals surface area contributed by atoms with Crippen molar-refractivity contribution < 1.29 is 13.6 Å². The second kappa shape index (κ2) is 4.12. The number of hydrazine groups is 1. The molecule has 1 amide bonds. The first kappa shape index (κ1) is 10.6. The molecule has 0 aromatic heterocycles. The van der Waals surface area contributed by atoms with Gasteiger partial charge in [-0.1, -0.05) is 0 Å². The third-order valence-electron chi connectivity index (χ3n) is 1.61. The molecule has 1 rings (SSSR count). The third kappa shape index (κ3) is 2.04. The van der Waals surface area contributed by atoms with Crippen LogP contribution in [0.5, 0.6) is 0 Å². The van der Waals surface area contributed by atoms with Crippen molar-refractivity contribution in [2.24, 2.45) is 11.6 Å². The molecule has 0 saturated carbocycles. The molecule has 0 bridgehead atoms. The summed E-state index contributed by atoms with van der Waals surface area (Å²) in [6.45, 7) is -0.340. The molecule has 0 aliphatic heterocycles. The monoisotopic (exact) mass is 201 g/mol. The summed E-state index contributed by atoms with van der Waals surface area (Å²) in [5, 5.41) is 0.550. The molecular formula is C8H9F2N3O. The van der Waals surface area contributed by atoms with Crippen molar-refractivity contribution >= 4 is 11.6 Å². The van der Waals surface area contributed by atoms with Gasteiger partial charge in [0.2, 0.25) is 0 Å². The minimum absolute atomic E-state index is 0.207. The van der Waals surface area contributed by atoms with Crippen molar-refractivity contribution in [2.45, 2.75) is 0 Å². The fraction of sp³-hybridized carbons (Fsp3) is 0.125. The van der Waals surface area contributed by atoms with Crippen molar-refractivity contribution in [2.75, 3.05) is 11.6 Å². The van der Waals surface area contributed by atoms with Crippen LogP contribution in [0.3, 0.4) is 0 Å². The molecule has 0 saturated heterocycles. The van der Waals surface area contributed by atoms with E-state index in [2.05, 4.69) is 0 Å². The summed E-state index contributed by atoms with van der Waals surface area (Å²) in [6, 6.07) is 2.71. The molecule has 76 valence electrons. The van der Waals surface area contributed by atoms with Crippen LogP contribution in [0.4, 0.5) is 14.5 Å². The number of amides is 1. The molecule has 4 N–H and O–H groups in total. The molecule has 0 radical (unpaired) electrons. The number of rotatable bonds is 2. The number of halogens is 2. The average Bonchev–Trinajstić information content (AvgIpc) is 2.15. The van der Waals surface area contributed by atoms with Gasteiger partial charge in [0.15, 0.2) is 5.82 Å². The van der Waals surface area contributed by atoms with E-state index in [9.17, 15) is 13.6 Å². The molecule has 4 nitrogen and oxygen atoms in total. The Hall–Kier alpha value is -1.53. The number of benzene rings is 1. The Balaban J connectivity index is 3.01. The van der Waals surface area contributed by atoms with Gasteiger partial charge >= 0.3 is 0 Å². The van der Waals surface area contributed by atoms with Crippen LogP contribution >= 0.6 is 0 Å². The van der Waals surface area contributed by atoms with E-state index in [1.807, 2.05) is 0 Å². The van der Waals surface area contributed by atoms with Crippen molar-refractivity contribution in [3.8, 4) is 0 Å². The number of carbonyl (C=O) groups is 1. The number of hydrogen-bond acceptors (Lipinski definition) is 3. The van der Waals surface area contributed by atoms with Gasteiger partial charge in [0, 0.05) is 6.07 Å². The SMILES string of the molecule is NCC(=O)N(N)c1ccc(F)cc1F. The number of nitrogens with zero attached hydrogens (tertiary/aromatic N) is 1. The van der Waals surface area contributed by atoms with Gasteiger partial charge in [-0.15, -0.1) is 0 Å². The van der Waals surface area contributed by atoms with Crippen LogP contribution in [0.1, 0.15) is 0 Å². The second-order valence-corrected chi connectivity index (χ2v) is 2.56. The molecule has 0 aliphatic rings. The van der Waals surface area contributed by atoms with Gasteiger partial charge in [-0.3, -0.25) is 4.79 Å². The Bertz CT molecular complexity index is 356. The molecular weight excluding hydrogens is 192 g/mol. The van der Waals surface area contributed by atoms with E-state index in [0.717, 1.165) is 12.1 Å². The maximum Gasteiger partial charge on any atom is 0.254 e. The highest BCUT2D eigenvalue weighted by atomic mass is 19.1. The third-order valence-corrected chi connectivity index (χ3v) is 1.61. The average molecular weight is 201 g/mol. The number of carbonyl (C=O) groups excluding carboxylic acids is 1. The number of hydrogen-bond donors (Lipinski definition) is 2. The quantitative estimate of drug-likeness (QED) is 0.406. The van der Waals surface area contributed by atoms with Gasteiger partial charge in [-0.05, 0) is 12.1 Å². The van der Waals surface area contributed by atoms with Crippen molar-refractivity contribution in [1.29, 1.82) is 0 Å². The summed E-state index contributed by atoms with van der Waals surface area (Å²) in [5.74, 6) is 2.94. The van der Waals surface area contributed by atoms with E-state index in [4.69, 9.17) is 11.6 Å². The lowest BCUT2D eigenvalue weighted by molar-refractivity contribution is -0.117. The minimum atomic E-state index is -0.908. The fourth-order valence-corrected chi connectivity index (χ4v) is 0.909. The van der Waals surface area contributed by atoms with Crippen LogP contribution in [0.15, 0.2) is 18.2 Å². The predicted octanol–water partition coefficient (Wildman–Crippen LogP) is 0.130. The lowest BCUT2D eigenvalue weighted by Gasteiger charge is -2.15. The molecule has 0 unspecified atom stereocenters. The number of anilines is 1. The zero-order valence-electron chi connectivity index (χ0n) is 7.21. The van der Waals surface area contributed by atoms with Crippen LogP contribution in [0, 0.1) is 11.6 Å². The van der Waals surface area contributed by atoms with E-state index in [1.165, 1.54) is 0 Å². The van der Waals surface area contributed by atoms with Gasteiger partial charge in [-0.25, -0.2) is 19.6 Å².